The standard InChI is InChI=1S/C18H25N5O/c1-12-9-19-16(20-12)11-23-8-7-15-14(10-23)18(24)22-17(21-15)13-5-3-2-4-6-13/h9,13H,2-8,10-11H2,1H3,(H,19,20)(H,21,22,24). The summed E-state index contributed by atoms with van der Waals surface area (Å²) in [5.74, 6) is 2.33. The van der Waals surface area contributed by atoms with E-state index in [0.29, 0.717) is 12.5 Å². The van der Waals surface area contributed by atoms with Crippen LogP contribution in [0.2, 0.25) is 0 Å². The number of imidazole rings is 1. The first kappa shape index (κ1) is 15.6. The SMILES string of the molecule is Cc1cnc(CN2CCc3nc(C4CCCCC4)[nH]c(=O)c3C2)[nH]1. The van der Waals surface area contributed by atoms with E-state index in [2.05, 4.69) is 19.9 Å². The van der Waals surface area contributed by atoms with Crippen molar-refractivity contribution in [2.75, 3.05) is 6.54 Å². The van der Waals surface area contributed by atoms with E-state index in [0.717, 1.165) is 61.0 Å². The Kier molecular flexibility index (Phi) is 4.22. The molecule has 2 aromatic rings. The molecule has 1 saturated carbocycles. The van der Waals surface area contributed by atoms with Crippen molar-refractivity contribution in [2.24, 2.45) is 0 Å². The van der Waals surface area contributed by atoms with Crippen molar-refractivity contribution in [3.63, 3.8) is 0 Å². The predicted octanol–water partition coefficient (Wildman–Crippen LogP) is 2.41. The van der Waals surface area contributed by atoms with Gasteiger partial charge in [0.25, 0.3) is 5.56 Å². The number of H-pyrrole nitrogens is 2. The topological polar surface area (TPSA) is 77.7 Å². The van der Waals surface area contributed by atoms with Crippen LogP contribution in [0.1, 0.15) is 66.6 Å². The first-order valence-corrected chi connectivity index (χ1v) is 9.04. The molecular formula is C18H25N5O. The number of hydrogen-bond acceptors (Lipinski definition) is 4. The number of fused-ring (bicyclic) bond motifs is 1. The van der Waals surface area contributed by atoms with Gasteiger partial charge in [0.2, 0.25) is 0 Å². The molecule has 24 heavy (non-hydrogen) atoms. The molecule has 2 N–H and O–H groups in total. The molecule has 2 aromatic heterocycles. The lowest BCUT2D eigenvalue weighted by atomic mass is 9.88. The smallest absolute Gasteiger partial charge is 0.255 e. The molecule has 4 rings (SSSR count). The minimum absolute atomic E-state index is 0.0564. The van der Waals surface area contributed by atoms with E-state index in [-0.39, 0.29) is 5.56 Å². The number of nitrogens with one attached hydrogen (secondary N) is 2. The summed E-state index contributed by atoms with van der Waals surface area (Å²) in [7, 11) is 0. The summed E-state index contributed by atoms with van der Waals surface area (Å²) in [6.45, 7) is 4.33. The second-order valence-corrected chi connectivity index (χ2v) is 7.18. The molecule has 1 fully saturated rings. The summed E-state index contributed by atoms with van der Waals surface area (Å²) in [6, 6.07) is 0. The minimum Gasteiger partial charge on any atom is -0.345 e. The van der Waals surface area contributed by atoms with Crippen LogP contribution in [0.3, 0.4) is 0 Å². The number of rotatable bonds is 3. The molecule has 1 aliphatic heterocycles. The molecule has 0 aromatic carbocycles. The van der Waals surface area contributed by atoms with Gasteiger partial charge in [-0.05, 0) is 19.8 Å². The fourth-order valence-electron chi connectivity index (χ4n) is 3.96. The molecule has 0 bridgehead atoms. The lowest BCUT2D eigenvalue weighted by molar-refractivity contribution is 0.235. The van der Waals surface area contributed by atoms with Crippen LogP contribution in [-0.4, -0.2) is 31.4 Å². The zero-order valence-electron chi connectivity index (χ0n) is 14.3. The van der Waals surface area contributed by atoms with Crippen LogP contribution in [0.5, 0.6) is 0 Å². The average molecular weight is 327 g/mol. The van der Waals surface area contributed by atoms with Gasteiger partial charge in [-0.3, -0.25) is 9.69 Å². The van der Waals surface area contributed by atoms with Crippen LogP contribution < -0.4 is 5.56 Å². The molecule has 1 aliphatic carbocycles. The Labute approximate surface area is 141 Å². The van der Waals surface area contributed by atoms with Crippen molar-refractivity contribution < 1.29 is 0 Å². The number of aryl methyl sites for hydroxylation is 1. The highest BCUT2D eigenvalue weighted by molar-refractivity contribution is 5.22. The first-order chi connectivity index (χ1) is 11.7. The van der Waals surface area contributed by atoms with Gasteiger partial charge in [-0.1, -0.05) is 19.3 Å². The van der Waals surface area contributed by atoms with Gasteiger partial charge in [0.15, 0.2) is 0 Å². The maximum atomic E-state index is 12.6. The second-order valence-electron chi connectivity index (χ2n) is 7.18. The molecule has 0 amide bonds. The normalized spacial score (nSPS) is 19.4. The lowest BCUT2D eigenvalue weighted by Gasteiger charge is -2.28. The van der Waals surface area contributed by atoms with Gasteiger partial charge in [0.05, 0.1) is 17.8 Å². The summed E-state index contributed by atoms with van der Waals surface area (Å²) >= 11 is 0. The predicted molar refractivity (Wildman–Crippen MR) is 91.8 cm³/mol. The molecule has 128 valence electrons. The summed E-state index contributed by atoms with van der Waals surface area (Å²) in [5, 5.41) is 0. The molecule has 2 aliphatic rings. The highest BCUT2D eigenvalue weighted by Crippen LogP contribution is 2.30. The van der Waals surface area contributed by atoms with E-state index < -0.39 is 0 Å². The van der Waals surface area contributed by atoms with E-state index >= 15 is 0 Å². The minimum atomic E-state index is 0.0564. The molecule has 6 nitrogen and oxygen atoms in total. The van der Waals surface area contributed by atoms with E-state index in [1.54, 1.807) is 0 Å². The van der Waals surface area contributed by atoms with Crippen LogP contribution in [-0.2, 0) is 19.5 Å². The zero-order valence-corrected chi connectivity index (χ0v) is 14.3. The molecule has 0 unspecified atom stereocenters. The van der Waals surface area contributed by atoms with Crippen LogP contribution in [0.25, 0.3) is 0 Å². The van der Waals surface area contributed by atoms with Gasteiger partial charge >= 0.3 is 0 Å². The third-order valence-electron chi connectivity index (χ3n) is 5.29. The fraction of sp³-hybridized carbons (Fsp3) is 0.611. The molecule has 0 radical (unpaired) electrons. The Morgan fingerprint density at radius 1 is 1.25 bits per heavy atom. The summed E-state index contributed by atoms with van der Waals surface area (Å²) < 4.78 is 0. The zero-order chi connectivity index (χ0) is 16.5. The summed E-state index contributed by atoms with van der Waals surface area (Å²) in [4.78, 5) is 30.4. The Bertz CT molecular complexity index is 772. The van der Waals surface area contributed by atoms with E-state index in [4.69, 9.17) is 4.98 Å². The maximum absolute atomic E-state index is 12.6. The monoisotopic (exact) mass is 327 g/mol. The van der Waals surface area contributed by atoms with Gasteiger partial charge in [-0.15, -0.1) is 0 Å². The Morgan fingerprint density at radius 3 is 2.83 bits per heavy atom. The van der Waals surface area contributed by atoms with E-state index in [1.165, 1.54) is 19.3 Å². The van der Waals surface area contributed by atoms with Crippen molar-refractivity contribution in [3.05, 3.63) is 45.2 Å². The highest BCUT2D eigenvalue weighted by Gasteiger charge is 2.24. The highest BCUT2D eigenvalue weighted by atomic mass is 16.1. The fourth-order valence-corrected chi connectivity index (χ4v) is 3.96. The Balaban J connectivity index is 1.52. The summed E-state index contributed by atoms with van der Waals surface area (Å²) in [6.07, 6.45) is 8.82. The average Bonchev–Trinajstić information content (AvgIpc) is 3.01. The third-order valence-corrected chi connectivity index (χ3v) is 5.29. The molecule has 6 heteroatoms. The van der Waals surface area contributed by atoms with Crippen molar-refractivity contribution >= 4 is 0 Å². The molecule has 0 spiro atoms. The maximum Gasteiger partial charge on any atom is 0.255 e. The lowest BCUT2D eigenvalue weighted by Crippen LogP contribution is -2.36. The first-order valence-electron chi connectivity index (χ1n) is 9.04. The number of nitrogens with zero attached hydrogens (tertiary/aromatic N) is 3. The largest absolute Gasteiger partial charge is 0.345 e. The van der Waals surface area contributed by atoms with Gasteiger partial charge in [0, 0.05) is 37.3 Å². The van der Waals surface area contributed by atoms with Crippen molar-refractivity contribution in [1.82, 2.24) is 24.8 Å². The van der Waals surface area contributed by atoms with Gasteiger partial charge in [0.1, 0.15) is 11.6 Å². The van der Waals surface area contributed by atoms with Crippen LogP contribution >= 0.6 is 0 Å². The Morgan fingerprint density at radius 2 is 2.08 bits per heavy atom. The molecular weight excluding hydrogens is 302 g/mol. The van der Waals surface area contributed by atoms with Crippen LogP contribution in [0, 0.1) is 6.92 Å². The second kappa shape index (κ2) is 6.51. The Hall–Kier alpha value is -1.95. The van der Waals surface area contributed by atoms with Crippen LogP contribution in [0.15, 0.2) is 11.0 Å². The number of hydrogen-bond donors (Lipinski definition) is 2. The van der Waals surface area contributed by atoms with E-state index in [1.807, 2.05) is 13.1 Å². The molecule has 0 atom stereocenters. The van der Waals surface area contributed by atoms with Crippen molar-refractivity contribution in [2.45, 2.75) is 64.5 Å². The quantitative estimate of drug-likeness (QED) is 0.907. The van der Waals surface area contributed by atoms with Gasteiger partial charge < -0.3 is 9.97 Å². The van der Waals surface area contributed by atoms with Crippen LogP contribution in [0.4, 0.5) is 0 Å². The number of aromatic nitrogens is 4. The number of aromatic amines is 2. The van der Waals surface area contributed by atoms with E-state index in [9.17, 15) is 4.79 Å². The third kappa shape index (κ3) is 3.15. The van der Waals surface area contributed by atoms with Gasteiger partial charge in [-0.2, -0.15) is 0 Å². The molecule has 3 heterocycles. The van der Waals surface area contributed by atoms with Crippen molar-refractivity contribution in [3.8, 4) is 0 Å². The van der Waals surface area contributed by atoms with Crippen molar-refractivity contribution in [1.29, 1.82) is 0 Å². The summed E-state index contributed by atoms with van der Waals surface area (Å²) in [5.41, 5.74) is 2.97. The molecule has 0 saturated heterocycles. The van der Waals surface area contributed by atoms with Gasteiger partial charge in [-0.25, -0.2) is 9.97 Å².